The Balaban J connectivity index is 2.45. The first-order chi connectivity index (χ1) is 9.04. The molecule has 7 heteroatoms. The molecule has 0 spiro atoms. The lowest BCUT2D eigenvalue weighted by Crippen LogP contribution is -2.55. The smallest absolute Gasteiger partial charge is 0.251 e. The van der Waals surface area contributed by atoms with E-state index >= 15 is 0 Å². The first-order valence-corrected chi connectivity index (χ1v) is 6.14. The highest BCUT2D eigenvalue weighted by atomic mass is 16.2. The van der Waals surface area contributed by atoms with Crippen molar-refractivity contribution >= 4 is 23.3 Å². The van der Waals surface area contributed by atoms with Gasteiger partial charge in [0.15, 0.2) is 0 Å². The number of anilines is 2. The molecule has 1 aliphatic rings. The summed E-state index contributed by atoms with van der Waals surface area (Å²) in [5, 5.41) is 2.80. The molecule has 5 N–H and O–H groups in total. The van der Waals surface area contributed by atoms with Crippen LogP contribution in [0.25, 0.3) is 0 Å². The molecule has 2 rings (SSSR count). The number of nitrogen functional groups attached to an aromatic ring is 1. The van der Waals surface area contributed by atoms with Gasteiger partial charge < -0.3 is 21.7 Å². The topological polar surface area (TPSA) is 114 Å². The highest BCUT2D eigenvalue weighted by molar-refractivity contribution is 6.00. The van der Waals surface area contributed by atoms with Crippen LogP contribution in [0.5, 0.6) is 0 Å². The number of primary amides is 1. The van der Waals surface area contributed by atoms with Crippen molar-refractivity contribution in [1.82, 2.24) is 10.3 Å². The molecule has 1 fully saturated rings. The van der Waals surface area contributed by atoms with Crippen LogP contribution in [0.15, 0.2) is 12.3 Å². The lowest BCUT2D eigenvalue weighted by molar-refractivity contribution is -0.123. The van der Waals surface area contributed by atoms with Gasteiger partial charge in [0.1, 0.15) is 11.9 Å². The van der Waals surface area contributed by atoms with Crippen LogP contribution in [0.1, 0.15) is 23.7 Å². The summed E-state index contributed by atoms with van der Waals surface area (Å²) < 4.78 is 0. The zero-order chi connectivity index (χ0) is 14.0. The Morgan fingerprint density at radius 3 is 3.00 bits per heavy atom. The van der Waals surface area contributed by atoms with Crippen LogP contribution in [-0.2, 0) is 4.79 Å². The van der Waals surface area contributed by atoms with E-state index in [1.807, 2.05) is 11.8 Å². The fraction of sp³-hybridized carbons (Fsp3) is 0.417. The molecule has 0 aliphatic carbocycles. The number of carbonyl (C=O) groups excluding carboxylic acids is 2. The minimum absolute atomic E-state index is 0.0546. The second-order valence-corrected chi connectivity index (χ2v) is 4.40. The molecule has 1 atom stereocenters. The van der Waals surface area contributed by atoms with Crippen molar-refractivity contribution in [2.45, 2.75) is 19.4 Å². The van der Waals surface area contributed by atoms with Crippen LogP contribution in [0.3, 0.4) is 0 Å². The highest BCUT2D eigenvalue weighted by Gasteiger charge is 2.30. The van der Waals surface area contributed by atoms with Gasteiger partial charge in [0.25, 0.3) is 5.91 Å². The summed E-state index contributed by atoms with van der Waals surface area (Å²) in [6.45, 7) is 3.05. The van der Waals surface area contributed by atoms with E-state index in [4.69, 9.17) is 11.5 Å². The Labute approximate surface area is 111 Å². The summed E-state index contributed by atoms with van der Waals surface area (Å²) in [4.78, 5) is 29.2. The maximum Gasteiger partial charge on any atom is 0.251 e. The summed E-state index contributed by atoms with van der Waals surface area (Å²) in [5.74, 6) is -0.405. The summed E-state index contributed by atoms with van der Waals surface area (Å²) >= 11 is 0. The molecule has 2 amide bonds. The molecule has 1 unspecified atom stereocenters. The summed E-state index contributed by atoms with van der Waals surface area (Å²) in [7, 11) is 0. The van der Waals surface area contributed by atoms with Crippen LogP contribution in [0.4, 0.5) is 11.5 Å². The largest absolute Gasteiger partial charge is 0.384 e. The number of amides is 2. The van der Waals surface area contributed by atoms with Gasteiger partial charge in [0, 0.05) is 13.1 Å². The first-order valence-electron chi connectivity index (χ1n) is 6.14. The number of piperazine rings is 1. The first kappa shape index (κ1) is 13.1. The molecule has 2 heterocycles. The van der Waals surface area contributed by atoms with Gasteiger partial charge in [0.05, 0.1) is 17.4 Å². The zero-order valence-electron chi connectivity index (χ0n) is 10.7. The number of pyridine rings is 1. The standard InChI is InChI=1S/C12H17N5O2/c1-2-8-12(19)15-3-4-17(8)9-6-16-10(13)5-7(9)11(14)18/h5-6,8H,2-4H2,1H3,(H2,13,16)(H2,14,18)(H,15,19). The van der Waals surface area contributed by atoms with E-state index in [2.05, 4.69) is 10.3 Å². The van der Waals surface area contributed by atoms with Crippen molar-refractivity contribution in [3.8, 4) is 0 Å². The molecule has 0 radical (unpaired) electrons. The van der Waals surface area contributed by atoms with Crippen LogP contribution in [-0.4, -0.2) is 35.9 Å². The maximum absolute atomic E-state index is 11.8. The van der Waals surface area contributed by atoms with Crippen LogP contribution in [0.2, 0.25) is 0 Å². The summed E-state index contributed by atoms with van der Waals surface area (Å²) in [6.07, 6.45) is 2.13. The van der Waals surface area contributed by atoms with Crippen LogP contribution >= 0.6 is 0 Å². The fourth-order valence-electron chi connectivity index (χ4n) is 2.30. The Morgan fingerprint density at radius 1 is 1.63 bits per heavy atom. The SMILES string of the molecule is CCC1C(=O)NCCN1c1cnc(N)cc1C(N)=O. The molecule has 0 aromatic carbocycles. The third-order valence-corrected chi connectivity index (χ3v) is 3.20. The van der Waals surface area contributed by atoms with E-state index in [0.717, 1.165) is 0 Å². The maximum atomic E-state index is 11.8. The number of nitrogens with zero attached hydrogens (tertiary/aromatic N) is 2. The average Bonchev–Trinajstić information content (AvgIpc) is 2.38. The predicted molar refractivity (Wildman–Crippen MR) is 71.6 cm³/mol. The van der Waals surface area contributed by atoms with Gasteiger partial charge in [-0.3, -0.25) is 9.59 Å². The number of nitrogens with two attached hydrogens (primary N) is 2. The van der Waals surface area contributed by atoms with E-state index < -0.39 is 5.91 Å². The van der Waals surface area contributed by atoms with Crippen molar-refractivity contribution in [2.24, 2.45) is 5.73 Å². The van der Waals surface area contributed by atoms with Crippen molar-refractivity contribution in [3.63, 3.8) is 0 Å². The third-order valence-electron chi connectivity index (χ3n) is 3.20. The van der Waals surface area contributed by atoms with Crippen LogP contribution in [0, 0.1) is 0 Å². The molecular weight excluding hydrogens is 246 g/mol. The van der Waals surface area contributed by atoms with Gasteiger partial charge in [0.2, 0.25) is 5.91 Å². The highest BCUT2D eigenvalue weighted by Crippen LogP contribution is 2.25. The number of carbonyl (C=O) groups is 2. The van der Waals surface area contributed by atoms with E-state index in [0.29, 0.717) is 30.8 Å². The molecule has 1 saturated heterocycles. The Bertz CT molecular complexity index is 517. The number of nitrogens with one attached hydrogen (secondary N) is 1. The number of aromatic nitrogens is 1. The molecule has 1 aromatic rings. The number of hydrogen-bond acceptors (Lipinski definition) is 5. The molecule has 0 bridgehead atoms. The molecule has 7 nitrogen and oxygen atoms in total. The second-order valence-electron chi connectivity index (χ2n) is 4.40. The second kappa shape index (κ2) is 5.13. The van der Waals surface area contributed by atoms with Crippen molar-refractivity contribution < 1.29 is 9.59 Å². The van der Waals surface area contributed by atoms with Gasteiger partial charge in [-0.1, -0.05) is 6.92 Å². The van der Waals surface area contributed by atoms with E-state index in [-0.39, 0.29) is 17.8 Å². The van der Waals surface area contributed by atoms with Gasteiger partial charge >= 0.3 is 0 Å². The average molecular weight is 263 g/mol. The van der Waals surface area contributed by atoms with Crippen LogP contribution < -0.4 is 21.7 Å². The molecule has 1 aromatic heterocycles. The lowest BCUT2D eigenvalue weighted by atomic mass is 10.1. The quantitative estimate of drug-likeness (QED) is 0.678. The summed E-state index contributed by atoms with van der Waals surface area (Å²) in [5.41, 5.74) is 11.8. The van der Waals surface area contributed by atoms with E-state index in [1.165, 1.54) is 12.3 Å². The molecule has 1 aliphatic heterocycles. The zero-order valence-corrected chi connectivity index (χ0v) is 10.7. The fourth-order valence-corrected chi connectivity index (χ4v) is 2.30. The predicted octanol–water partition coefficient (Wildman–Crippen LogP) is -0.522. The van der Waals surface area contributed by atoms with Crippen molar-refractivity contribution in [1.29, 1.82) is 0 Å². The van der Waals surface area contributed by atoms with E-state index in [9.17, 15) is 9.59 Å². The Morgan fingerprint density at radius 2 is 2.37 bits per heavy atom. The van der Waals surface area contributed by atoms with Gasteiger partial charge in [-0.25, -0.2) is 4.98 Å². The number of hydrogen-bond donors (Lipinski definition) is 3. The van der Waals surface area contributed by atoms with Gasteiger partial charge in [-0.15, -0.1) is 0 Å². The Kier molecular flexibility index (Phi) is 3.55. The summed E-state index contributed by atoms with van der Waals surface area (Å²) in [6, 6.07) is 1.12. The monoisotopic (exact) mass is 263 g/mol. The molecule has 102 valence electrons. The van der Waals surface area contributed by atoms with Crippen molar-refractivity contribution in [3.05, 3.63) is 17.8 Å². The number of rotatable bonds is 3. The minimum Gasteiger partial charge on any atom is -0.384 e. The molecule has 19 heavy (non-hydrogen) atoms. The van der Waals surface area contributed by atoms with Crippen molar-refractivity contribution in [2.75, 3.05) is 23.7 Å². The minimum atomic E-state index is -0.579. The Hall–Kier alpha value is -2.31. The van der Waals surface area contributed by atoms with Gasteiger partial charge in [-0.2, -0.15) is 0 Å². The van der Waals surface area contributed by atoms with E-state index in [1.54, 1.807) is 0 Å². The lowest BCUT2D eigenvalue weighted by Gasteiger charge is -2.36. The normalized spacial score (nSPS) is 19.1. The van der Waals surface area contributed by atoms with Gasteiger partial charge in [-0.05, 0) is 12.5 Å². The third kappa shape index (κ3) is 2.44. The molecule has 0 saturated carbocycles. The molecular formula is C12H17N5O2.